The van der Waals surface area contributed by atoms with Crippen molar-refractivity contribution < 1.29 is 0 Å². The molecule has 0 amide bonds. The molecule has 18 heavy (non-hydrogen) atoms. The Hall–Kier alpha value is -0.510. The molecule has 0 bridgehead atoms. The van der Waals surface area contributed by atoms with E-state index in [4.69, 9.17) is 22.3 Å². The summed E-state index contributed by atoms with van der Waals surface area (Å²) in [5, 5.41) is 2.60. The average molecular weight is 281 g/mol. The van der Waals surface area contributed by atoms with Crippen molar-refractivity contribution in [3.63, 3.8) is 0 Å². The van der Waals surface area contributed by atoms with E-state index in [2.05, 4.69) is 12.1 Å². The van der Waals surface area contributed by atoms with Gasteiger partial charge in [0.25, 0.3) is 0 Å². The zero-order valence-electron chi connectivity index (χ0n) is 10.2. The lowest BCUT2D eigenvalue weighted by molar-refractivity contribution is 0.347. The summed E-state index contributed by atoms with van der Waals surface area (Å²) >= 11 is 7.84. The highest BCUT2D eigenvalue weighted by molar-refractivity contribution is 8.15. The minimum Gasteiger partial charge on any atom is -0.330 e. The Morgan fingerprint density at radius 2 is 2.06 bits per heavy atom. The highest BCUT2D eigenvalue weighted by Crippen LogP contribution is 2.40. The molecule has 3 unspecified atom stereocenters. The maximum atomic E-state index is 5.92. The first-order chi connectivity index (χ1) is 8.76. The molecule has 2 N–H and O–H groups in total. The van der Waals surface area contributed by atoms with E-state index in [0.29, 0.717) is 17.2 Å². The van der Waals surface area contributed by atoms with Gasteiger partial charge in [-0.1, -0.05) is 23.7 Å². The Balaban J connectivity index is 1.75. The van der Waals surface area contributed by atoms with Gasteiger partial charge < -0.3 is 5.73 Å². The topological polar surface area (TPSA) is 38.4 Å². The maximum absolute atomic E-state index is 5.92. The zero-order valence-corrected chi connectivity index (χ0v) is 11.8. The maximum Gasteiger partial charge on any atom is 0.0984 e. The minimum atomic E-state index is 0.503. The number of benzene rings is 1. The summed E-state index contributed by atoms with van der Waals surface area (Å²) < 4.78 is 0. The molecule has 3 rings (SSSR count). The average Bonchev–Trinajstić information content (AvgIpc) is 2.82. The van der Waals surface area contributed by atoms with Crippen molar-refractivity contribution in [2.24, 2.45) is 16.6 Å². The molecule has 1 fully saturated rings. The fraction of sp³-hybridized carbons (Fsp3) is 0.500. The van der Waals surface area contributed by atoms with E-state index in [0.717, 1.165) is 11.6 Å². The van der Waals surface area contributed by atoms with Gasteiger partial charge in [0.1, 0.15) is 0 Å². The third-order valence-corrected chi connectivity index (χ3v) is 5.46. The summed E-state index contributed by atoms with van der Waals surface area (Å²) in [7, 11) is 0. The number of rotatable bonds is 2. The monoisotopic (exact) mass is 280 g/mol. The molecule has 1 aromatic carbocycles. The molecule has 96 valence electrons. The summed E-state index contributed by atoms with van der Waals surface area (Å²) in [5.74, 6) is 0.693. The van der Waals surface area contributed by atoms with Crippen LogP contribution in [-0.4, -0.2) is 22.9 Å². The fourth-order valence-electron chi connectivity index (χ4n) is 2.74. The highest BCUT2D eigenvalue weighted by atomic mass is 35.5. The molecule has 1 aromatic rings. The summed E-state index contributed by atoms with van der Waals surface area (Å²) in [6.07, 6.45) is 3.64. The van der Waals surface area contributed by atoms with E-state index in [-0.39, 0.29) is 0 Å². The molecule has 0 radical (unpaired) electrons. The second-order valence-corrected chi connectivity index (χ2v) is 6.74. The van der Waals surface area contributed by atoms with Crippen molar-refractivity contribution >= 4 is 28.4 Å². The summed E-state index contributed by atoms with van der Waals surface area (Å²) in [5.41, 5.74) is 6.98. The molecule has 4 heteroatoms. The van der Waals surface area contributed by atoms with E-state index >= 15 is 0 Å². The van der Waals surface area contributed by atoms with Crippen molar-refractivity contribution in [1.82, 2.24) is 0 Å². The van der Waals surface area contributed by atoms with Gasteiger partial charge in [0, 0.05) is 15.8 Å². The first kappa shape index (κ1) is 12.5. The SMILES string of the molecule is NCC1CCC2N=C(c3ccc(Cl)cc3)SC2C1. The normalized spacial score (nSPS) is 31.0. The molecule has 2 nitrogen and oxygen atoms in total. The molecule has 1 heterocycles. The van der Waals surface area contributed by atoms with Gasteiger partial charge in [-0.15, -0.1) is 11.8 Å². The van der Waals surface area contributed by atoms with Crippen LogP contribution >= 0.6 is 23.4 Å². The van der Waals surface area contributed by atoms with E-state index in [9.17, 15) is 0 Å². The molecular weight excluding hydrogens is 264 g/mol. The lowest BCUT2D eigenvalue weighted by Crippen LogP contribution is -2.31. The Morgan fingerprint density at radius 3 is 2.78 bits per heavy atom. The summed E-state index contributed by atoms with van der Waals surface area (Å²) in [6, 6.07) is 8.50. The van der Waals surface area contributed by atoms with Crippen molar-refractivity contribution in [1.29, 1.82) is 0 Å². The summed E-state index contributed by atoms with van der Waals surface area (Å²) in [6.45, 7) is 0.820. The van der Waals surface area contributed by atoms with Gasteiger partial charge in [-0.2, -0.15) is 0 Å². The Morgan fingerprint density at radius 1 is 1.28 bits per heavy atom. The fourth-order valence-corrected chi connectivity index (χ4v) is 4.35. The Bertz CT molecular complexity index is 457. The molecule has 1 aliphatic heterocycles. The Kier molecular flexibility index (Phi) is 3.64. The third kappa shape index (κ3) is 2.44. The lowest BCUT2D eigenvalue weighted by Gasteiger charge is -2.28. The predicted molar refractivity (Wildman–Crippen MR) is 79.6 cm³/mol. The zero-order chi connectivity index (χ0) is 12.5. The molecule has 0 spiro atoms. The number of hydrogen-bond donors (Lipinski definition) is 1. The minimum absolute atomic E-state index is 0.503. The van der Waals surface area contributed by atoms with Gasteiger partial charge in [-0.05, 0) is 43.9 Å². The van der Waals surface area contributed by atoms with Crippen molar-refractivity contribution in [3.8, 4) is 0 Å². The van der Waals surface area contributed by atoms with Crippen LogP contribution in [0.1, 0.15) is 24.8 Å². The second-order valence-electron chi connectivity index (χ2n) is 5.08. The molecule has 0 aromatic heterocycles. The highest BCUT2D eigenvalue weighted by Gasteiger charge is 2.35. The third-order valence-electron chi connectivity index (χ3n) is 3.84. The van der Waals surface area contributed by atoms with Gasteiger partial charge in [0.2, 0.25) is 0 Å². The molecular formula is C14H17ClN2S. The largest absolute Gasteiger partial charge is 0.330 e. The molecule has 2 aliphatic rings. The van der Waals surface area contributed by atoms with E-state index in [1.165, 1.54) is 29.9 Å². The van der Waals surface area contributed by atoms with E-state index in [1.807, 2.05) is 23.9 Å². The molecule has 1 aliphatic carbocycles. The van der Waals surface area contributed by atoms with Gasteiger partial charge >= 0.3 is 0 Å². The number of nitrogens with two attached hydrogens (primary N) is 1. The van der Waals surface area contributed by atoms with Crippen LogP contribution in [0.4, 0.5) is 0 Å². The number of aliphatic imine (C=N–C) groups is 1. The molecule has 3 atom stereocenters. The van der Waals surface area contributed by atoms with Crippen LogP contribution in [0.2, 0.25) is 5.02 Å². The van der Waals surface area contributed by atoms with Crippen LogP contribution in [0.25, 0.3) is 0 Å². The first-order valence-corrected chi connectivity index (χ1v) is 7.72. The predicted octanol–water partition coefficient (Wildman–Crippen LogP) is 3.33. The molecule has 0 saturated heterocycles. The van der Waals surface area contributed by atoms with Gasteiger partial charge in [-0.25, -0.2) is 0 Å². The second kappa shape index (κ2) is 5.24. The number of thioether (sulfide) groups is 1. The van der Waals surface area contributed by atoms with E-state index in [1.54, 1.807) is 0 Å². The summed E-state index contributed by atoms with van der Waals surface area (Å²) in [4.78, 5) is 4.87. The lowest BCUT2D eigenvalue weighted by atomic mass is 9.86. The van der Waals surface area contributed by atoms with Crippen molar-refractivity contribution in [2.45, 2.75) is 30.6 Å². The standard InChI is InChI=1S/C14H17ClN2S/c15-11-4-2-10(3-5-11)14-17-12-6-1-9(8-16)7-13(12)18-14/h2-5,9,12-13H,1,6-8,16H2. The van der Waals surface area contributed by atoms with Crippen LogP contribution in [-0.2, 0) is 0 Å². The van der Waals surface area contributed by atoms with Crippen LogP contribution < -0.4 is 5.73 Å². The van der Waals surface area contributed by atoms with Crippen LogP contribution in [0, 0.1) is 5.92 Å². The Labute approximate surface area is 117 Å². The first-order valence-electron chi connectivity index (χ1n) is 6.46. The number of fused-ring (bicyclic) bond motifs is 1. The van der Waals surface area contributed by atoms with Crippen LogP contribution in [0.5, 0.6) is 0 Å². The number of halogens is 1. The number of nitrogens with zero attached hydrogens (tertiary/aromatic N) is 1. The smallest absolute Gasteiger partial charge is 0.0984 e. The van der Waals surface area contributed by atoms with Crippen molar-refractivity contribution in [3.05, 3.63) is 34.9 Å². The quantitative estimate of drug-likeness (QED) is 0.902. The van der Waals surface area contributed by atoms with Crippen LogP contribution in [0.15, 0.2) is 29.3 Å². The van der Waals surface area contributed by atoms with E-state index < -0.39 is 0 Å². The van der Waals surface area contributed by atoms with Gasteiger partial charge in [-0.3, -0.25) is 4.99 Å². The van der Waals surface area contributed by atoms with Crippen LogP contribution in [0.3, 0.4) is 0 Å². The van der Waals surface area contributed by atoms with Gasteiger partial charge in [0.05, 0.1) is 11.1 Å². The molecule has 1 saturated carbocycles. The van der Waals surface area contributed by atoms with Crippen molar-refractivity contribution in [2.75, 3.05) is 6.54 Å². The van der Waals surface area contributed by atoms with Gasteiger partial charge in [0.15, 0.2) is 0 Å². The number of hydrogen-bond acceptors (Lipinski definition) is 3.